The third-order valence-electron chi connectivity index (χ3n) is 7.33. The molecule has 3 amide bonds. The molecule has 5 heteroatoms. The van der Waals surface area contributed by atoms with E-state index in [0.717, 1.165) is 30.6 Å². The molecule has 1 atom stereocenters. The molecule has 29 heavy (non-hydrogen) atoms. The zero-order valence-electron chi connectivity index (χ0n) is 17.4. The molecule has 156 valence electrons. The van der Waals surface area contributed by atoms with Crippen molar-refractivity contribution in [3.05, 3.63) is 35.4 Å². The lowest BCUT2D eigenvalue weighted by Gasteiger charge is -2.34. The summed E-state index contributed by atoms with van der Waals surface area (Å²) in [7, 11) is 0. The van der Waals surface area contributed by atoms with Crippen molar-refractivity contribution >= 4 is 17.7 Å². The van der Waals surface area contributed by atoms with Gasteiger partial charge in [-0.3, -0.25) is 14.5 Å². The summed E-state index contributed by atoms with van der Waals surface area (Å²) in [5.41, 5.74) is 0.986. The number of benzene rings is 1. The van der Waals surface area contributed by atoms with Crippen molar-refractivity contribution < 1.29 is 14.4 Å². The van der Waals surface area contributed by atoms with Gasteiger partial charge in [0.25, 0.3) is 5.91 Å². The first kappa shape index (κ1) is 20.1. The molecule has 2 aliphatic carbocycles. The number of imide groups is 1. The Morgan fingerprint density at radius 1 is 0.966 bits per heavy atom. The summed E-state index contributed by atoms with van der Waals surface area (Å²) in [5.74, 6) is 0.316. The monoisotopic (exact) mass is 396 g/mol. The second-order valence-electron chi connectivity index (χ2n) is 9.24. The predicted molar refractivity (Wildman–Crippen MR) is 112 cm³/mol. The summed E-state index contributed by atoms with van der Waals surface area (Å²) in [6.07, 6.45) is 11.6. The number of Topliss-reactive ketones (excluding diaryl/α,β-unsaturated/α-hetero) is 1. The number of nitrogens with zero attached hydrogens (tertiary/aromatic N) is 1. The van der Waals surface area contributed by atoms with Gasteiger partial charge in [0.2, 0.25) is 0 Å². The van der Waals surface area contributed by atoms with Gasteiger partial charge in [0.05, 0.1) is 6.54 Å². The Hall–Kier alpha value is -2.17. The van der Waals surface area contributed by atoms with E-state index >= 15 is 0 Å². The maximum absolute atomic E-state index is 13.1. The topological polar surface area (TPSA) is 66.5 Å². The molecule has 1 aromatic rings. The summed E-state index contributed by atoms with van der Waals surface area (Å²) in [5, 5.41) is 2.89. The Balaban J connectivity index is 1.42. The predicted octanol–water partition coefficient (Wildman–Crippen LogP) is 4.81. The molecular weight excluding hydrogens is 364 g/mol. The average molecular weight is 397 g/mol. The van der Waals surface area contributed by atoms with E-state index in [1.54, 1.807) is 0 Å². The molecule has 0 unspecified atom stereocenters. The molecule has 1 saturated heterocycles. The SMILES string of the molecule is C[C@@]1(C2CCCCC2)NC(=O)N(CC(=O)c2ccc(C3CCCCC3)cc2)C1=O. The Labute approximate surface area is 173 Å². The van der Waals surface area contributed by atoms with Crippen LogP contribution >= 0.6 is 0 Å². The van der Waals surface area contributed by atoms with Gasteiger partial charge in [-0.1, -0.05) is 62.8 Å². The number of ketones is 1. The molecule has 5 nitrogen and oxygen atoms in total. The molecule has 4 rings (SSSR count). The lowest BCUT2D eigenvalue weighted by Crippen LogP contribution is -2.51. The number of hydrogen-bond donors (Lipinski definition) is 1. The fraction of sp³-hybridized carbons (Fsp3) is 0.625. The molecule has 3 fully saturated rings. The average Bonchev–Trinajstić information content (AvgIpc) is 2.99. The van der Waals surface area contributed by atoms with Gasteiger partial charge in [-0.25, -0.2) is 4.79 Å². The number of hydrogen-bond acceptors (Lipinski definition) is 3. The van der Waals surface area contributed by atoms with Crippen LogP contribution in [0.3, 0.4) is 0 Å². The Morgan fingerprint density at radius 2 is 1.55 bits per heavy atom. The van der Waals surface area contributed by atoms with Crippen LogP contribution in [0.15, 0.2) is 24.3 Å². The zero-order valence-corrected chi connectivity index (χ0v) is 17.4. The first-order valence-corrected chi connectivity index (χ1v) is 11.3. The smallest absolute Gasteiger partial charge is 0.323 e. The Bertz CT molecular complexity index is 776. The second-order valence-corrected chi connectivity index (χ2v) is 9.24. The second kappa shape index (κ2) is 8.29. The minimum absolute atomic E-state index is 0.155. The van der Waals surface area contributed by atoms with E-state index in [4.69, 9.17) is 0 Å². The highest BCUT2D eigenvalue weighted by Gasteiger charge is 2.52. The van der Waals surface area contributed by atoms with Crippen LogP contribution in [-0.2, 0) is 4.79 Å². The fourth-order valence-electron chi connectivity index (χ4n) is 5.43. The standard InChI is InChI=1S/C24H32N2O3/c1-24(20-10-6-3-7-11-20)22(28)26(23(29)25-24)16-21(27)19-14-12-18(13-15-19)17-8-4-2-5-9-17/h12-15,17,20H,2-11,16H2,1H3,(H,25,29)/t24-/m0/s1. The van der Waals surface area contributed by atoms with Crippen LogP contribution in [0.2, 0.25) is 0 Å². The Morgan fingerprint density at radius 3 is 2.17 bits per heavy atom. The molecule has 1 N–H and O–H groups in total. The minimum Gasteiger partial charge on any atom is -0.323 e. The van der Waals surface area contributed by atoms with Gasteiger partial charge in [-0.05, 0) is 50.0 Å². The van der Waals surface area contributed by atoms with Gasteiger partial charge >= 0.3 is 6.03 Å². The van der Waals surface area contributed by atoms with Crippen LogP contribution in [0.5, 0.6) is 0 Å². The number of carbonyl (C=O) groups is 3. The van der Waals surface area contributed by atoms with Crippen LogP contribution in [-0.4, -0.2) is 34.7 Å². The molecule has 2 saturated carbocycles. The lowest BCUT2D eigenvalue weighted by molar-refractivity contribution is -0.132. The van der Waals surface area contributed by atoms with E-state index < -0.39 is 11.6 Å². The molecule has 1 heterocycles. The van der Waals surface area contributed by atoms with Crippen molar-refractivity contribution in [2.24, 2.45) is 5.92 Å². The summed E-state index contributed by atoms with van der Waals surface area (Å²) in [4.78, 5) is 39.5. The van der Waals surface area contributed by atoms with E-state index in [1.807, 2.05) is 31.2 Å². The summed E-state index contributed by atoms with van der Waals surface area (Å²) < 4.78 is 0. The molecule has 0 spiro atoms. The van der Waals surface area contributed by atoms with Gasteiger partial charge in [0, 0.05) is 5.56 Å². The molecule has 1 aromatic carbocycles. The molecule has 3 aliphatic rings. The van der Waals surface area contributed by atoms with Crippen molar-refractivity contribution in [3.8, 4) is 0 Å². The van der Waals surface area contributed by atoms with Crippen LogP contribution in [0.25, 0.3) is 0 Å². The van der Waals surface area contributed by atoms with Crippen molar-refractivity contribution in [3.63, 3.8) is 0 Å². The van der Waals surface area contributed by atoms with Crippen molar-refractivity contribution in [1.29, 1.82) is 0 Å². The fourth-order valence-corrected chi connectivity index (χ4v) is 5.43. The number of nitrogens with one attached hydrogen (secondary N) is 1. The molecule has 0 aromatic heterocycles. The minimum atomic E-state index is -0.872. The van der Waals surface area contributed by atoms with Crippen LogP contribution in [0.1, 0.15) is 93.0 Å². The highest BCUT2D eigenvalue weighted by molar-refractivity contribution is 6.11. The van der Waals surface area contributed by atoms with E-state index in [1.165, 1.54) is 44.1 Å². The highest BCUT2D eigenvalue weighted by atomic mass is 16.2. The summed E-state index contributed by atoms with van der Waals surface area (Å²) >= 11 is 0. The highest BCUT2D eigenvalue weighted by Crippen LogP contribution is 2.36. The normalized spacial score (nSPS) is 26.6. The van der Waals surface area contributed by atoms with Gasteiger partial charge in [0.15, 0.2) is 5.78 Å². The first-order valence-electron chi connectivity index (χ1n) is 11.3. The van der Waals surface area contributed by atoms with Crippen molar-refractivity contribution in [2.75, 3.05) is 6.54 Å². The van der Waals surface area contributed by atoms with Crippen molar-refractivity contribution in [2.45, 2.75) is 82.6 Å². The third-order valence-corrected chi connectivity index (χ3v) is 7.33. The Kier molecular flexibility index (Phi) is 5.75. The van der Waals surface area contributed by atoms with Crippen LogP contribution < -0.4 is 5.32 Å². The quantitative estimate of drug-likeness (QED) is 0.574. The number of urea groups is 1. The molecule has 0 radical (unpaired) electrons. The van der Waals surface area contributed by atoms with Gasteiger partial charge in [0.1, 0.15) is 5.54 Å². The maximum Gasteiger partial charge on any atom is 0.325 e. The molecular formula is C24H32N2O3. The number of amides is 3. The maximum atomic E-state index is 13.1. The van der Waals surface area contributed by atoms with Gasteiger partial charge in [-0.15, -0.1) is 0 Å². The molecule has 1 aliphatic heterocycles. The lowest BCUT2D eigenvalue weighted by atomic mass is 9.75. The van der Waals surface area contributed by atoms with Crippen LogP contribution in [0.4, 0.5) is 4.79 Å². The summed E-state index contributed by atoms with van der Waals surface area (Å²) in [6.45, 7) is 1.64. The largest absolute Gasteiger partial charge is 0.325 e. The zero-order chi connectivity index (χ0) is 20.4. The summed E-state index contributed by atoms with van der Waals surface area (Å²) in [6, 6.07) is 7.36. The van der Waals surface area contributed by atoms with E-state index in [0.29, 0.717) is 11.5 Å². The van der Waals surface area contributed by atoms with Gasteiger partial charge in [-0.2, -0.15) is 0 Å². The first-order chi connectivity index (χ1) is 14.0. The third kappa shape index (κ3) is 3.96. The van der Waals surface area contributed by atoms with Gasteiger partial charge < -0.3 is 5.32 Å². The number of carbonyl (C=O) groups excluding carboxylic acids is 3. The van der Waals surface area contributed by atoms with E-state index in [9.17, 15) is 14.4 Å². The van der Waals surface area contributed by atoms with E-state index in [2.05, 4.69) is 5.32 Å². The van der Waals surface area contributed by atoms with Crippen molar-refractivity contribution in [1.82, 2.24) is 10.2 Å². The van der Waals surface area contributed by atoms with E-state index in [-0.39, 0.29) is 24.2 Å². The van der Waals surface area contributed by atoms with Crippen LogP contribution in [0, 0.1) is 5.92 Å². The molecule has 0 bridgehead atoms. The number of rotatable bonds is 5.